The van der Waals surface area contributed by atoms with E-state index < -0.39 is 0 Å². The van der Waals surface area contributed by atoms with E-state index in [1.165, 1.54) is 43.1 Å². The van der Waals surface area contributed by atoms with Crippen LogP contribution < -0.4 is 10.6 Å². The average Bonchev–Trinajstić information content (AvgIpc) is 2.72. The number of ether oxygens (including phenoxy) is 1. The lowest BCUT2D eigenvalue weighted by molar-refractivity contribution is 0.0277. The van der Waals surface area contributed by atoms with Crippen LogP contribution in [0.2, 0.25) is 0 Å². The second-order valence-corrected chi connectivity index (χ2v) is 7.09. The van der Waals surface area contributed by atoms with Gasteiger partial charge in [-0.15, -0.1) is 24.0 Å². The summed E-state index contributed by atoms with van der Waals surface area (Å²) in [5.74, 6) is 0.857. The van der Waals surface area contributed by atoms with E-state index in [1.807, 2.05) is 30.5 Å². The molecule has 1 aliphatic carbocycles. The molecule has 3 rings (SSSR count). The molecule has 0 atom stereocenters. The summed E-state index contributed by atoms with van der Waals surface area (Å²) in [7, 11) is 0. The average molecular weight is 496 g/mol. The third kappa shape index (κ3) is 7.20. The zero-order chi connectivity index (χ0) is 18.7. The minimum absolute atomic E-state index is 0. The number of hydrogen-bond acceptors (Lipinski definition) is 3. The number of pyridine rings is 1. The van der Waals surface area contributed by atoms with E-state index in [-0.39, 0.29) is 24.0 Å². The molecule has 0 aliphatic heterocycles. The van der Waals surface area contributed by atoms with Gasteiger partial charge in [0.15, 0.2) is 5.96 Å². The standard InChI is InChI=1S/C22H32N4O.HI/c1-2-23-22(25-14-8-16-27-19-9-4-3-5-10-19)26-17-18-13-15-24-21-12-7-6-11-20(18)21;/h6-7,11-13,15,19H,2-5,8-10,14,16-17H2,1H3,(H2,23,25,26);1H. The van der Waals surface area contributed by atoms with Crippen molar-refractivity contribution >= 4 is 40.8 Å². The molecule has 1 aromatic carbocycles. The number of fused-ring (bicyclic) bond motifs is 1. The minimum Gasteiger partial charge on any atom is -0.378 e. The highest BCUT2D eigenvalue weighted by Gasteiger charge is 2.13. The number of aliphatic imine (C=N–C) groups is 1. The fourth-order valence-electron chi connectivity index (χ4n) is 3.56. The van der Waals surface area contributed by atoms with Gasteiger partial charge in [-0.1, -0.05) is 37.5 Å². The highest BCUT2D eigenvalue weighted by Crippen LogP contribution is 2.20. The normalized spacial score (nSPS) is 15.2. The topological polar surface area (TPSA) is 58.5 Å². The number of rotatable bonds is 8. The first-order valence-corrected chi connectivity index (χ1v) is 10.3. The van der Waals surface area contributed by atoms with Gasteiger partial charge < -0.3 is 15.4 Å². The molecular formula is C22H33IN4O. The van der Waals surface area contributed by atoms with Gasteiger partial charge in [-0.25, -0.2) is 4.99 Å². The molecular weight excluding hydrogens is 463 g/mol. The second kappa shape index (κ2) is 12.9. The first-order valence-electron chi connectivity index (χ1n) is 10.3. The molecule has 28 heavy (non-hydrogen) atoms. The number of para-hydroxylation sites is 1. The van der Waals surface area contributed by atoms with E-state index in [1.54, 1.807) is 0 Å². The number of halogens is 1. The molecule has 1 aromatic heterocycles. The van der Waals surface area contributed by atoms with Crippen LogP contribution in [0.3, 0.4) is 0 Å². The number of hydrogen-bond donors (Lipinski definition) is 2. The molecule has 1 saturated carbocycles. The Morgan fingerprint density at radius 3 is 2.79 bits per heavy atom. The van der Waals surface area contributed by atoms with Crippen molar-refractivity contribution in [3.8, 4) is 0 Å². The molecule has 6 heteroatoms. The van der Waals surface area contributed by atoms with E-state index in [9.17, 15) is 0 Å². The highest BCUT2D eigenvalue weighted by atomic mass is 127. The van der Waals surface area contributed by atoms with Crippen LogP contribution in [0.1, 0.15) is 51.0 Å². The van der Waals surface area contributed by atoms with Gasteiger partial charge in [0.25, 0.3) is 0 Å². The molecule has 0 amide bonds. The van der Waals surface area contributed by atoms with Crippen LogP contribution in [0.4, 0.5) is 0 Å². The highest BCUT2D eigenvalue weighted by molar-refractivity contribution is 14.0. The fraction of sp³-hybridized carbons (Fsp3) is 0.545. The van der Waals surface area contributed by atoms with E-state index >= 15 is 0 Å². The smallest absolute Gasteiger partial charge is 0.191 e. The number of aromatic nitrogens is 1. The van der Waals surface area contributed by atoms with Gasteiger partial charge in [0.2, 0.25) is 0 Å². The Kier molecular flexibility index (Phi) is 10.6. The summed E-state index contributed by atoms with van der Waals surface area (Å²) in [6.45, 7) is 5.27. The molecule has 154 valence electrons. The maximum absolute atomic E-state index is 5.99. The zero-order valence-electron chi connectivity index (χ0n) is 16.8. The van der Waals surface area contributed by atoms with Gasteiger partial charge in [0.1, 0.15) is 0 Å². The lowest BCUT2D eigenvalue weighted by Gasteiger charge is -2.22. The SMILES string of the molecule is CCNC(=NCc1ccnc2ccccc12)NCCCOC1CCCCC1.I. The Bertz CT molecular complexity index is 726. The third-order valence-corrected chi connectivity index (χ3v) is 5.01. The summed E-state index contributed by atoms with van der Waals surface area (Å²) < 4.78 is 5.99. The van der Waals surface area contributed by atoms with Crippen LogP contribution in [-0.4, -0.2) is 36.7 Å². The Hall–Kier alpha value is -1.41. The molecule has 1 fully saturated rings. The maximum atomic E-state index is 5.99. The maximum Gasteiger partial charge on any atom is 0.191 e. The van der Waals surface area contributed by atoms with E-state index in [4.69, 9.17) is 9.73 Å². The van der Waals surface area contributed by atoms with E-state index in [0.29, 0.717) is 12.6 Å². The molecule has 0 radical (unpaired) electrons. The Morgan fingerprint density at radius 1 is 1.14 bits per heavy atom. The summed E-state index contributed by atoms with van der Waals surface area (Å²) in [4.78, 5) is 9.17. The summed E-state index contributed by atoms with van der Waals surface area (Å²) in [5, 5.41) is 7.91. The van der Waals surface area contributed by atoms with Crippen LogP contribution in [-0.2, 0) is 11.3 Å². The van der Waals surface area contributed by atoms with Crippen molar-refractivity contribution in [2.75, 3.05) is 19.7 Å². The fourth-order valence-corrected chi connectivity index (χ4v) is 3.56. The van der Waals surface area contributed by atoms with Crippen LogP contribution in [0.15, 0.2) is 41.5 Å². The van der Waals surface area contributed by atoms with Crippen molar-refractivity contribution in [3.63, 3.8) is 0 Å². The van der Waals surface area contributed by atoms with Crippen molar-refractivity contribution in [1.29, 1.82) is 0 Å². The van der Waals surface area contributed by atoms with Gasteiger partial charge in [0.05, 0.1) is 18.2 Å². The van der Waals surface area contributed by atoms with Crippen molar-refractivity contribution in [2.45, 2.75) is 58.1 Å². The van der Waals surface area contributed by atoms with E-state index in [2.05, 4.69) is 28.6 Å². The molecule has 0 spiro atoms. The molecule has 2 aromatic rings. The molecule has 5 nitrogen and oxygen atoms in total. The number of benzene rings is 1. The first kappa shape index (κ1) is 22.9. The predicted octanol–water partition coefficient (Wildman–Crippen LogP) is 4.65. The summed E-state index contributed by atoms with van der Waals surface area (Å²) in [5.41, 5.74) is 2.21. The van der Waals surface area contributed by atoms with Crippen LogP contribution in [0, 0.1) is 0 Å². The lowest BCUT2D eigenvalue weighted by Crippen LogP contribution is -2.38. The van der Waals surface area contributed by atoms with Crippen molar-refractivity contribution < 1.29 is 4.74 Å². The van der Waals surface area contributed by atoms with Crippen molar-refractivity contribution in [3.05, 3.63) is 42.1 Å². The third-order valence-electron chi connectivity index (χ3n) is 5.01. The number of nitrogens with zero attached hydrogens (tertiary/aromatic N) is 2. The summed E-state index contributed by atoms with van der Waals surface area (Å²) in [6, 6.07) is 10.3. The van der Waals surface area contributed by atoms with Gasteiger partial charge in [-0.05, 0) is 43.9 Å². The lowest BCUT2D eigenvalue weighted by atomic mass is 9.98. The molecule has 0 unspecified atom stereocenters. The zero-order valence-corrected chi connectivity index (χ0v) is 19.2. The van der Waals surface area contributed by atoms with Gasteiger partial charge in [-0.3, -0.25) is 4.98 Å². The largest absolute Gasteiger partial charge is 0.378 e. The monoisotopic (exact) mass is 496 g/mol. The Labute approximate surface area is 185 Å². The number of guanidine groups is 1. The minimum atomic E-state index is 0. The van der Waals surface area contributed by atoms with Gasteiger partial charge in [0, 0.05) is 31.3 Å². The van der Waals surface area contributed by atoms with Crippen molar-refractivity contribution in [2.24, 2.45) is 4.99 Å². The number of nitrogens with one attached hydrogen (secondary N) is 2. The molecule has 2 N–H and O–H groups in total. The molecule has 1 aliphatic rings. The summed E-state index contributed by atoms with van der Waals surface area (Å²) >= 11 is 0. The van der Waals surface area contributed by atoms with E-state index in [0.717, 1.165) is 37.6 Å². The van der Waals surface area contributed by atoms with Crippen LogP contribution in [0.25, 0.3) is 10.9 Å². The Balaban J connectivity index is 0.00000280. The van der Waals surface area contributed by atoms with Gasteiger partial charge >= 0.3 is 0 Å². The molecule has 1 heterocycles. The quantitative estimate of drug-likeness (QED) is 0.242. The Morgan fingerprint density at radius 2 is 1.96 bits per heavy atom. The molecule has 0 bridgehead atoms. The predicted molar refractivity (Wildman–Crippen MR) is 127 cm³/mol. The van der Waals surface area contributed by atoms with Crippen LogP contribution >= 0.6 is 24.0 Å². The second-order valence-electron chi connectivity index (χ2n) is 7.09. The molecule has 0 saturated heterocycles. The van der Waals surface area contributed by atoms with Crippen LogP contribution in [0.5, 0.6) is 0 Å². The summed E-state index contributed by atoms with van der Waals surface area (Å²) in [6.07, 6.45) is 9.83. The first-order chi connectivity index (χ1) is 13.4. The van der Waals surface area contributed by atoms with Gasteiger partial charge in [-0.2, -0.15) is 0 Å². The van der Waals surface area contributed by atoms with Crippen molar-refractivity contribution in [1.82, 2.24) is 15.6 Å².